The van der Waals surface area contributed by atoms with Crippen LogP contribution in [0.3, 0.4) is 0 Å². The zero-order chi connectivity index (χ0) is 12.4. The van der Waals surface area contributed by atoms with Crippen molar-refractivity contribution in [3.05, 3.63) is 34.1 Å². The maximum absolute atomic E-state index is 6.04. The zero-order valence-electron chi connectivity index (χ0n) is 9.15. The van der Waals surface area contributed by atoms with Gasteiger partial charge >= 0.3 is 0 Å². The largest absolute Gasteiger partial charge is 0.419 e. The number of hydrogen-bond acceptors (Lipinski definition) is 4. The lowest BCUT2D eigenvalue weighted by molar-refractivity contribution is 0.452. The second kappa shape index (κ2) is 5.04. The molecule has 0 saturated heterocycles. The number of nitrogens with two attached hydrogens (primary N) is 1. The molecule has 6 heteroatoms. The Morgan fingerprint density at radius 3 is 2.53 bits per heavy atom. The minimum Gasteiger partial charge on any atom is -0.419 e. The van der Waals surface area contributed by atoms with E-state index in [1.54, 1.807) is 18.2 Å². The SMILES string of the molecule is CCC(N)c1nnc(-c2c(Cl)cccc2Cl)o1. The van der Waals surface area contributed by atoms with Crippen LogP contribution < -0.4 is 5.73 Å². The van der Waals surface area contributed by atoms with E-state index in [0.29, 0.717) is 27.4 Å². The van der Waals surface area contributed by atoms with E-state index < -0.39 is 0 Å². The van der Waals surface area contributed by atoms with Crippen LogP contribution >= 0.6 is 23.2 Å². The summed E-state index contributed by atoms with van der Waals surface area (Å²) in [5, 5.41) is 8.74. The molecule has 0 bridgehead atoms. The van der Waals surface area contributed by atoms with Gasteiger partial charge in [-0.15, -0.1) is 10.2 Å². The van der Waals surface area contributed by atoms with E-state index in [9.17, 15) is 0 Å². The summed E-state index contributed by atoms with van der Waals surface area (Å²) < 4.78 is 5.47. The maximum atomic E-state index is 6.04. The van der Waals surface area contributed by atoms with E-state index in [1.807, 2.05) is 6.92 Å². The first-order chi connectivity index (χ1) is 8.13. The van der Waals surface area contributed by atoms with Crippen LogP contribution in [0.2, 0.25) is 10.0 Å². The number of aromatic nitrogens is 2. The highest BCUT2D eigenvalue weighted by molar-refractivity contribution is 6.38. The van der Waals surface area contributed by atoms with Gasteiger partial charge in [0.2, 0.25) is 5.89 Å². The molecule has 17 heavy (non-hydrogen) atoms. The monoisotopic (exact) mass is 271 g/mol. The Balaban J connectivity index is 2.44. The second-order valence-corrected chi connectivity index (χ2v) is 4.37. The van der Waals surface area contributed by atoms with Crippen LogP contribution in [-0.2, 0) is 0 Å². The Hall–Kier alpha value is -1.10. The molecule has 1 unspecified atom stereocenters. The molecule has 0 fully saturated rings. The molecule has 90 valence electrons. The predicted molar refractivity (Wildman–Crippen MR) is 67.0 cm³/mol. The average molecular weight is 272 g/mol. The molecule has 0 saturated carbocycles. The average Bonchev–Trinajstić information content (AvgIpc) is 2.77. The van der Waals surface area contributed by atoms with Crippen LogP contribution in [0.1, 0.15) is 25.3 Å². The van der Waals surface area contributed by atoms with Gasteiger partial charge in [0.1, 0.15) is 0 Å². The normalized spacial score (nSPS) is 12.7. The first-order valence-electron chi connectivity index (χ1n) is 5.16. The van der Waals surface area contributed by atoms with Gasteiger partial charge < -0.3 is 10.2 Å². The van der Waals surface area contributed by atoms with E-state index in [2.05, 4.69) is 10.2 Å². The van der Waals surface area contributed by atoms with Gasteiger partial charge in [0.05, 0.1) is 21.7 Å². The Kier molecular flexibility index (Phi) is 3.66. The molecular formula is C11H11Cl2N3O. The molecule has 0 aliphatic carbocycles. The smallest absolute Gasteiger partial charge is 0.250 e. The molecular weight excluding hydrogens is 261 g/mol. The quantitative estimate of drug-likeness (QED) is 0.929. The summed E-state index contributed by atoms with van der Waals surface area (Å²) in [6.45, 7) is 1.94. The third kappa shape index (κ3) is 2.44. The minimum absolute atomic E-state index is 0.266. The van der Waals surface area contributed by atoms with Crippen LogP contribution in [0.15, 0.2) is 22.6 Å². The van der Waals surface area contributed by atoms with Crippen LogP contribution in [0.25, 0.3) is 11.5 Å². The molecule has 2 aromatic rings. The fourth-order valence-electron chi connectivity index (χ4n) is 1.36. The van der Waals surface area contributed by atoms with Crippen molar-refractivity contribution in [2.45, 2.75) is 19.4 Å². The Morgan fingerprint density at radius 2 is 1.94 bits per heavy atom. The first-order valence-corrected chi connectivity index (χ1v) is 5.92. The van der Waals surface area contributed by atoms with Crippen LogP contribution in [0.4, 0.5) is 0 Å². The molecule has 0 aliphatic heterocycles. The van der Waals surface area contributed by atoms with Crippen molar-refractivity contribution in [1.82, 2.24) is 10.2 Å². The van der Waals surface area contributed by atoms with E-state index in [1.165, 1.54) is 0 Å². The molecule has 2 N–H and O–H groups in total. The number of nitrogens with zero attached hydrogens (tertiary/aromatic N) is 2. The molecule has 1 atom stereocenters. The van der Waals surface area contributed by atoms with Crippen molar-refractivity contribution in [1.29, 1.82) is 0 Å². The van der Waals surface area contributed by atoms with Crippen molar-refractivity contribution in [2.75, 3.05) is 0 Å². The molecule has 2 rings (SSSR count). The van der Waals surface area contributed by atoms with Crippen molar-refractivity contribution in [3.63, 3.8) is 0 Å². The number of benzene rings is 1. The molecule has 1 heterocycles. The molecule has 0 aliphatic rings. The van der Waals surface area contributed by atoms with Crippen molar-refractivity contribution >= 4 is 23.2 Å². The van der Waals surface area contributed by atoms with E-state index >= 15 is 0 Å². The summed E-state index contributed by atoms with van der Waals surface area (Å²) in [6.07, 6.45) is 0.720. The van der Waals surface area contributed by atoms with Gasteiger partial charge in [-0.1, -0.05) is 36.2 Å². The second-order valence-electron chi connectivity index (χ2n) is 3.56. The Labute approximate surface area is 109 Å². The standard InChI is InChI=1S/C11H11Cl2N3O/c1-2-8(14)10-15-16-11(17-10)9-6(12)4-3-5-7(9)13/h3-5,8H,2,14H2,1H3. The van der Waals surface area contributed by atoms with E-state index in [-0.39, 0.29) is 6.04 Å². The predicted octanol–water partition coefficient (Wildman–Crippen LogP) is 3.45. The third-order valence-electron chi connectivity index (χ3n) is 2.37. The van der Waals surface area contributed by atoms with Crippen LogP contribution in [-0.4, -0.2) is 10.2 Å². The van der Waals surface area contributed by atoms with Gasteiger partial charge in [-0.2, -0.15) is 0 Å². The van der Waals surface area contributed by atoms with Crippen molar-refractivity contribution < 1.29 is 4.42 Å². The lowest BCUT2D eigenvalue weighted by Gasteiger charge is -2.02. The highest BCUT2D eigenvalue weighted by Crippen LogP contribution is 2.34. The number of hydrogen-bond donors (Lipinski definition) is 1. The van der Waals surface area contributed by atoms with Gasteiger partial charge in [-0.05, 0) is 18.6 Å². The highest BCUT2D eigenvalue weighted by Gasteiger charge is 2.17. The fraction of sp³-hybridized carbons (Fsp3) is 0.273. The lowest BCUT2D eigenvalue weighted by Crippen LogP contribution is -2.08. The molecule has 0 radical (unpaired) electrons. The van der Waals surface area contributed by atoms with Crippen LogP contribution in [0.5, 0.6) is 0 Å². The number of rotatable bonds is 3. The molecule has 0 amide bonds. The van der Waals surface area contributed by atoms with E-state index in [0.717, 1.165) is 6.42 Å². The van der Waals surface area contributed by atoms with Crippen LogP contribution in [0, 0.1) is 0 Å². The molecule has 1 aromatic carbocycles. The van der Waals surface area contributed by atoms with Gasteiger partial charge in [0.15, 0.2) is 0 Å². The Bertz CT molecular complexity index is 507. The fourth-order valence-corrected chi connectivity index (χ4v) is 1.92. The molecule has 0 spiro atoms. The summed E-state index contributed by atoms with van der Waals surface area (Å²) in [6, 6.07) is 4.92. The van der Waals surface area contributed by atoms with Crippen molar-refractivity contribution in [3.8, 4) is 11.5 Å². The minimum atomic E-state index is -0.266. The zero-order valence-corrected chi connectivity index (χ0v) is 10.7. The summed E-state index contributed by atoms with van der Waals surface area (Å²) in [5.74, 6) is 0.679. The summed E-state index contributed by atoms with van der Waals surface area (Å²) in [7, 11) is 0. The molecule has 4 nitrogen and oxygen atoms in total. The van der Waals surface area contributed by atoms with Gasteiger partial charge in [-0.3, -0.25) is 0 Å². The topological polar surface area (TPSA) is 64.9 Å². The highest BCUT2D eigenvalue weighted by atomic mass is 35.5. The van der Waals surface area contributed by atoms with Gasteiger partial charge in [-0.25, -0.2) is 0 Å². The number of halogens is 2. The molecule has 1 aromatic heterocycles. The van der Waals surface area contributed by atoms with Gasteiger partial charge in [0.25, 0.3) is 5.89 Å². The van der Waals surface area contributed by atoms with E-state index in [4.69, 9.17) is 33.4 Å². The lowest BCUT2D eigenvalue weighted by atomic mass is 10.2. The van der Waals surface area contributed by atoms with Crippen molar-refractivity contribution in [2.24, 2.45) is 5.73 Å². The summed E-state index contributed by atoms with van der Waals surface area (Å²) >= 11 is 12.1. The summed E-state index contributed by atoms with van der Waals surface area (Å²) in [5.41, 5.74) is 6.34. The maximum Gasteiger partial charge on any atom is 0.250 e. The third-order valence-corrected chi connectivity index (χ3v) is 3.00. The first kappa shape index (κ1) is 12.4. The Morgan fingerprint density at radius 1 is 1.29 bits per heavy atom. The van der Waals surface area contributed by atoms with Gasteiger partial charge in [0, 0.05) is 0 Å². The summed E-state index contributed by atoms with van der Waals surface area (Å²) in [4.78, 5) is 0.